The molecule has 0 aliphatic carbocycles. The van der Waals surface area contributed by atoms with Crippen molar-refractivity contribution in [1.82, 2.24) is 0 Å². The highest BCUT2D eigenvalue weighted by Crippen LogP contribution is 2.37. The molecule has 0 aliphatic heterocycles. The fraction of sp³-hybridized carbons (Fsp3) is 0.600. The molecule has 0 aromatic heterocycles. The number of hydrogen-bond acceptors (Lipinski definition) is 3. The molecule has 0 N–H and O–H groups in total. The highest BCUT2D eigenvalue weighted by Gasteiger charge is 2.18. The van der Waals surface area contributed by atoms with E-state index in [4.69, 9.17) is 4.18 Å². The molecule has 0 saturated heterocycles. The number of rotatable bonds is 5. The molecular weight excluding hydrogens is 260 g/mol. The molecule has 0 fully saturated rings. The SMILES string of the molecule is CC(C)c1cc(C(C)C)c(OS(=O)[O-])c(C(C)C)c1. The van der Waals surface area contributed by atoms with Gasteiger partial charge in [-0.25, -0.2) is 4.21 Å². The highest BCUT2D eigenvalue weighted by molar-refractivity contribution is 7.74. The smallest absolute Gasteiger partial charge is 0.146 e. The molecule has 108 valence electrons. The quantitative estimate of drug-likeness (QED) is 0.760. The van der Waals surface area contributed by atoms with Crippen LogP contribution in [0, 0.1) is 0 Å². The van der Waals surface area contributed by atoms with Crippen LogP contribution >= 0.6 is 0 Å². The summed E-state index contributed by atoms with van der Waals surface area (Å²) in [5.41, 5.74) is 3.13. The van der Waals surface area contributed by atoms with Gasteiger partial charge in [-0.15, -0.1) is 0 Å². The predicted octanol–water partition coefficient (Wildman–Crippen LogP) is 4.23. The first-order chi connectivity index (χ1) is 8.73. The highest BCUT2D eigenvalue weighted by atomic mass is 32.2. The lowest BCUT2D eigenvalue weighted by Crippen LogP contribution is -2.08. The maximum absolute atomic E-state index is 10.9. The van der Waals surface area contributed by atoms with Crippen LogP contribution in [0.1, 0.15) is 76.0 Å². The largest absolute Gasteiger partial charge is 0.740 e. The zero-order valence-corrected chi connectivity index (χ0v) is 13.3. The molecule has 1 aromatic rings. The first-order valence-corrected chi connectivity index (χ1v) is 7.69. The summed E-state index contributed by atoms with van der Waals surface area (Å²) in [5, 5.41) is 0. The summed E-state index contributed by atoms with van der Waals surface area (Å²) >= 11 is -2.54. The Morgan fingerprint density at radius 1 is 0.947 bits per heavy atom. The maximum Gasteiger partial charge on any atom is 0.146 e. The molecule has 3 nitrogen and oxygen atoms in total. The standard InChI is InChI=1S/C15H24O3S/c1-9(2)12-7-13(10(3)4)15(18-19(16)17)14(8-12)11(5)6/h7-11H,1-6H3,(H,16,17)/p-1. The first-order valence-electron chi connectivity index (χ1n) is 6.69. The third-order valence-corrected chi connectivity index (χ3v) is 3.53. The van der Waals surface area contributed by atoms with Crippen molar-refractivity contribution in [2.75, 3.05) is 0 Å². The Bertz CT molecular complexity index is 435. The third kappa shape index (κ3) is 4.05. The third-order valence-electron chi connectivity index (χ3n) is 3.23. The zero-order chi connectivity index (χ0) is 14.7. The van der Waals surface area contributed by atoms with Crippen LogP contribution < -0.4 is 4.18 Å². The van der Waals surface area contributed by atoms with E-state index in [2.05, 4.69) is 26.0 Å². The van der Waals surface area contributed by atoms with Gasteiger partial charge in [-0.2, -0.15) is 0 Å². The topological polar surface area (TPSA) is 49.4 Å². The second-order valence-corrected chi connectivity index (χ2v) is 6.35. The van der Waals surface area contributed by atoms with Gasteiger partial charge < -0.3 is 8.74 Å². The Labute approximate surface area is 118 Å². The van der Waals surface area contributed by atoms with Crippen molar-refractivity contribution in [1.29, 1.82) is 0 Å². The molecule has 0 spiro atoms. The van der Waals surface area contributed by atoms with Crippen LogP contribution in [0.3, 0.4) is 0 Å². The minimum atomic E-state index is -2.54. The van der Waals surface area contributed by atoms with E-state index in [9.17, 15) is 8.76 Å². The van der Waals surface area contributed by atoms with Crippen molar-refractivity contribution in [3.63, 3.8) is 0 Å². The zero-order valence-electron chi connectivity index (χ0n) is 12.5. The summed E-state index contributed by atoms with van der Waals surface area (Å²) < 4.78 is 26.9. The molecular formula is C15H23O3S-. The molecule has 1 atom stereocenters. The van der Waals surface area contributed by atoms with E-state index in [1.165, 1.54) is 5.56 Å². The molecule has 0 radical (unpaired) electrons. The second-order valence-electron chi connectivity index (χ2n) is 5.78. The van der Waals surface area contributed by atoms with E-state index >= 15 is 0 Å². The summed E-state index contributed by atoms with van der Waals surface area (Å²) in [6, 6.07) is 4.12. The summed E-state index contributed by atoms with van der Waals surface area (Å²) in [4.78, 5) is 0. The molecule has 0 bridgehead atoms. The molecule has 19 heavy (non-hydrogen) atoms. The van der Waals surface area contributed by atoms with Gasteiger partial charge in [0.2, 0.25) is 0 Å². The Balaban J connectivity index is 3.50. The lowest BCUT2D eigenvalue weighted by atomic mass is 9.88. The minimum absolute atomic E-state index is 0.217. The van der Waals surface area contributed by atoms with Crippen molar-refractivity contribution in [2.45, 2.75) is 59.3 Å². The van der Waals surface area contributed by atoms with Gasteiger partial charge in [0, 0.05) is 0 Å². The fourth-order valence-electron chi connectivity index (χ4n) is 2.05. The Morgan fingerprint density at radius 3 is 1.63 bits per heavy atom. The summed E-state index contributed by atoms with van der Waals surface area (Å²) in [7, 11) is 0. The molecule has 1 aromatic carbocycles. The van der Waals surface area contributed by atoms with Gasteiger partial charge in [0.25, 0.3) is 0 Å². The monoisotopic (exact) mass is 283 g/mol. The first kappa shape index (κ1) is 16.2. The summed E-state index contributed by atoms with van der Waals surface area (Å²) in [5.74, 6) is 1.34. The van der Waals surface area contributed by atoms with E-state index in [0.717, 1.165) is 11.1 Å². The normalized spacial score (nSPS) is 13.4. The van der Waals surface area contributed by atoms with Gasteiger partial charge >= 0.3 is 0 Å². The van der Waals surface area contributed by atoms with Gasteiger partial charge in [-0.05, 0) is 34.4 Å². The molecule has 0 saturated carbocycles. The predicted molar refractivity (Wildman–Crippen MR) is 78.3 cm³/mol. The summed E-state index contributed by atoms with van der Waals surface area (Å²) in [6.07, 6.45) is 0. The van der Waals surface area contributed by atoms with Gasteiger partial charge in [0.05, 0.1) is 0 Å². The van der Waals surface area contributed by atoms with Crippen LogP contribution in [-0.2, 0) is 11.4 Å². The van der Waals surface area contributed by atoms with Crippen molar-refractivity contribution >= 4 is 11.4 Å². The molecule has 0 amide bonds. The average Bonchev–Trinajstić information content (AvgIpc) is 2.27. The lowest BCUT2D eigenvalue weighted by Gasteiger charge is -2.22. The van der Waals surface area contributed by atoms with E-state index in [0.29, 0.717) is 11.7 Å². The fourth-order valence-corrected chi connectivity index (χ4v) is 2.38. The molecule has 0 aliphatic rings. The van der Waals surface area contributed by atoms with E-state index in [1.807, 2.05) is 27.7 Å². The lowest BCUT2D eigenvalue weighted by molar-refractivity contribution is 0.433. The number of benzene rings is 1. The van der Waals surface area contributed by atoms with Crippen LogP contribution in [0.15, 0.2) is 12.1 Å². The van der Waals surface area contributed by atoms with Crippen LogP contribution in [-0.4, -0.2) is 8.76 Å². The maximum atomic E-state index is 10.9. The minimum Gasteiger partial charge on any atom is -0.740 e. The average molecular weight is 283 g/mol. The second kappa shape index (κ2) is 6.53. The van der Waals surface area contributed by atoms with Gasteiger partial charge in [-0.3, -0.25) is 0 Å². The molecule has 1 unspecified atom stereocenters. The van der Waals surface area contributed by atoms with Crippen molar-refractivity contribution in [3.05, 3.63) is 28.8 Å². The van der Waals surface area contributed by atoms with Crippen LogP contribution in [0.2, 0.25) is 0 Å². The Hall–Kier alpha value is -0.870. The van der Waals surface area contributed by atoms with E-state index in [-0.39, 0.29) is 11.8 Å². The molecule has 0 heterocycles. The van der Waals surface area contributed by atoms with Crippen molar-refractivity contribution < 1.29 is 12.9 Å². The van der Waals surface area contributed by atoms with Crippen molar-refractivity contribution in [3.8, 4) is 5.75 Å². The van der Waals surface area contributed by atoms with Crippen molar-refractivity contribution in [2.24, 2.45) is 0 Å². The molecule has 1 rings (SSSR count). The number of hydrogen-bond donors (Lipinski definition) is 0. The van der Waals surface area contributed by atoms with E-state index in [1.54, 1.807) is 0 Å². The van der Waals surface area contributed by atoms with Crippen LogP contribution in [0.4, 0.5) is 0 Å². The van der Waals surface area contributed by atoms with Gasteiger partial charge in [0.15, 0.2) is 0 Å². The van der Waals surface area contributed by atoms with Crippen LogP contribution in [0.5, 0.6) is 5.75 Å². The summed E-state index contributed by atoms with van der Waals surface area (Å²) in [6.45, 7) is 12.5. The van der Waals surface area contributed by atoms with Crippen LogP contribution in [0.25, 0.3) is 0 Å². The molecule has 4 heteroatoms. The Morgan fingerprint density at radius 2 is 1.37 bits per heavy atom. The van der Waals surface area contributed by atoms with Gasteiger partial charge in [0.1, 0.15) is 17.1 Å². The van der Waals surface area contributed by atoms with E-state index < -0.39 is 11.4 Å². The Kier molecular flexibility index (Phi) is 5.56. The van der Waals surface area contributed by atoms with Gasteiger partial charge in [-0.1, -0.05) is 53.7 Å².